The Morgan fingerprint density at radius 2 is 2.24 bits per heavy atom. The Morgan fingerprint density at radius 1 is 1.43 bits per heavy atom. The number of carbonyl (C=O) groups excluding carboxylic acids is 1. The predicted octanol–water partition coefficient (Wildman–Crippen LogP) is 3.19. The predicted molar refractivity (Wildman–Crippen MR) is 83.2 cm³/mol. The molecule has 21 heavy (non-hydrogen) atoms. The number of urea groups is 1. The number of rotatable bonds is 5. The van der Waals surface area contributed by atoms with E-state index in [1.54, 1.807) is 12.3 Å². The van der Waals surface area contributed by atoms with Crippen molar-refractivity contribution in [3.63, 3.8) is 0 Å². The van der Waals surface area contributed by atoms with E-state index in [9.17, 15) is 4.79 Å². The molecule has 1 aliphatic rings. The minimum absolute atomic E-state index is 0.174. The van der Waals surface area contributed by atoms with Crippen LogP contribution in [0.5, 0.6) is 0 Å². The molecule has 1 aromatic heterocycles. The second-order valence-electron chi connectivity index (χ2n) is 5.52. The molecule has 2 amide bonds. The van der Waals surface area contributed by atoms with Crippen molar-refractivity contribution in [2.75, 3.05) is 11.9 Å². The van der Waals surface area contributed by atoms with E-state index >= 15 is 0 Å². The normalized spacial score (nSPS) is 22.0. The van der Waals surface area contributed by atoms with Gasteiger partial charge in [-0.05, 0) is 30.9 Å². The van der Waals surface area contributed by atoms with Gasteiger partial charge in [-0.1, -0.05) is 32.8 Å². The van der Waals surface area contributed by atoms with Crippen molar-refractivity contribution in [2.24, 2.45) is 5.92 Å². The number of hydrogen-bond donors (Lipinski definition) is 2. The molecule has 5 heteroatoms. The van der Waals surface area contributed by atoms with Gasteiger partial charge in [0.15, 0.2) is 0 Å². The van der Waals surface area contributed by atoms with E-state index in [4.69, 9.17) is 4.74 Å². The van der Waals surface area contributed by atoms with Gasteiger partial charge in [0.1, 0.15) is 5.82 Å². The Hall–Kier alpha value is -1.62. The van der Waals surface area contributed by atoms with Crippen LogP contribution in [0.15, 0.2) is 24.4 Å². The van der Waals surface area contributed by atoms with Crippen LogP contribution in [-0.2, 0) is 4.74 Å². The molecule has 0 bridgehead atoms. The number of pyridine rings is 1. The summed E-state index contributed by atoms with van der Waals surface area (Å²) in [7, 11) is 0. The molecule has 1 aromatic rings. The SMILES string of the molecule is CCC(CC)[C@H]1C[C@@H](NC(=O)Nc2ccccn2)CCO1. The van der Waals surface area contributed by atoms with Gasteiger partial charge in [0.25, 0.3) is 0 Å². The van der Waals surface area contributed by atoms with Crippen LogP contribution in [0.25, 0.3) is 0 Å². The molecule has 1 aliphatic heterocycles. The zero-order chi connectivity index (χ0) is 15.1. The number of aromatic nitrogens is 1. The van der Waals surface area contributed by atoms with Gasteiger partial charge in [-0.2, -0.15) is 0 Å². The lowest BCUT2D eigenvalue weighted by Crippen LogP contribution is -2.45. The highest BCUT2D eigenvalue weighted by atomic mass is 16.5. The molecule has 5 nitrogen and oxygen atoms in total. The monoisotopic (exact) mass is 291 g/mol. The summed E-state index contributed by atoms with van der Waals surface area (Å²) in [5, 5.41) is 5.79. The Bertz CT molecular complexity index is 434. The van der Waals surface area contributed by atoms with Crippen LogP contribution in [0.2, 0.25) is 0 Å². The second kappa shape index (κ2) is 7.98. The molecular weight excluding hydrogens is 266 g/mol. The second-order valence-corrected chi connectivity index (χ2v) is 5.52. The number of hydrogen-bond acceptors (Lipinski definition) is 3. The standard InChI is InChI=1S/C16H25N3O2/c1-3-12(4-2)14-11-13(8-10-21-14)18-16(20)19-15-7-5-6-9-17-15/h5-7,9,12-14H,3-4,8,10-11H2,1-2H3,(H2,17,18,19,20)/t13-,14+/m0/s1. The molecule has 0 aliphatic carbocycles. The van der Waals surface area contributed by atoms with Gasteiger partial charge in [-0.3, -0.25) is 5.32 Å². The van der Waals surface area contributed by atoms with Crippen molar-refractivity contribution in [3.05, 3.63) is 24.4 Å². The van der Waals surface area contributed by atoms with Crippen LogP contribution in [0.4, 0.5) is 10.6 Å². The first kappa shape index (κ1) is 15.8. The molecule has 0 saturated carbocycles. The first-order chi connectivity index (χ1) is 10.2. The summed E-state index contributed by atoms with van der Waals surface area (Å²) in [6.07, 6.45) is 5.91. The maximum atomic E-state index is 12.0. The quantitative estimate of drug-likeness (QED) is 0.875. The number of ether oxygens (including phenoxy) is 1. The number of nitrogens with one attached hydrogen (secondary N) is 2. The van der Waals surface area contributed by atoms with Crippen molar-refractivity contribution in [1.29, 1.82) is 0 Å². The van der Waals surface area contributed by atoms with Crippen molar-refractivity contribution in [1.82, 2.24) is 10.3 Å². The molecule has 1 saturated heterocycles. The zero-order valence-electron chi connectivity index (χ0n) is 12.8. The Morgan fingerprint density at radius 3 is 2.90 bits per heavy atom. The van der Waals surface area contributed by atoms with Gasteiger partial charge in [0.05, 0.1) is 6.10 Å². The summed E-state index contributed by atoms with van der Waals surface area (Å²) >= 11 is 0. The minimum atomic E-state index is -0.191. The highest BCUT2D eigenvalue weighted by molar-refractivity contribution is 5.88. The summed E-state index contributed by atoms with van der Waals surface area (Å²) in [5.74, 6) is 1.15. The van der Waals surface area contributed by atoms with Crippen molar-refractivity contribution in [3.8, 4) is 0 Å². The third-order valence-corrected chi connectivity index (χ3v) is 4.13. The van der Waals surface area contributed by atoms with Gasteiger partial charge >= 0.3 is 6.03 Å². The first-order valence-electron chi connectivity index (χ1n) is 7.83. The Balaban J connectivity index is 1.83. The molecule has 0 unspecified atom stereocenters. The number of carbonyl (C=O) groups is 1. The van der Waals surface area contributed by atoms with Crippen LogP contribution in [0, 0.1) is 5.92 Å². The van der Waals surface area contributed by atoms with Crippen LogP contribution in [-0.4, -0.2) is 29.8 Å². The lowest BCUT2D eigenvalue weighted by Gasteiger charge is -2.34. The molecule has 2 atom stereocenters. The molecular formula is C16H25N3O2. The zero-order valence-corrected chi connectivity index (χ0v) is 12.8. The molecule has 0 radical (unpaired) electrons. The third kappa shape index (κ3) is 4.70. The molecule has 2 heterocycles. The number of nitrogens with zero attached hydrogens (tertiary/aromatic N) is 1. The molecule has 1 fully saturated rings. The fraction of sp³-hybridized carbons (Fsp3) is 0.625. The topological polar surface area (TPSA) is 63.2 Å². The maximum Gasteiger partial charge on any atom is 0.320 e. The van der Waals surface area contributed by atoms with E-state index in [1.807, 2.05) is 12.1 Å². The molecule has 0 aromatic carbocycles. The number of amides is 2. The Kier molecular flexibility index (Phi) is 5.99. The summed E-state index contributed by atoms with van der Waals surface area (Å²) in [5.41, 5.74) is 0. The minimum Gasteiger partial charge on any atom is -0.378 e. The van der Waals surface area contributed by atoms with Crippen molar-refractivity contribution in [2.45, 2.75) is 51.7 Å². The summed E-state index contributed by atoms with van der Waals surface area (Å²) in [6, 6.07) is 5.43. The van der Waals surface area contributed by atoms with E-state index in [0.29, 0.717) is 11.7 Å². The largest absolute Gasteiger partial charge is 0.378 e. The van der Waals surface area contributed by atoms with Gasteiger partial charge in [0, 0.05) is 18.8 Å². The average Bonchev–Trinajstić information content (AvgIpc) is 2.50. The van der Waals surface area contributed by atoms with Crippen molar-refractivity contribution < 1.29 is 9.53 Å². The number of anilines is 1. The third-order valence-electron chi connectivity index (χ3n) is 4.13. The summed E-state index contributed by atoms with van der Waals surface area (Å²) in [4.78, 5) is 16.1. The van der Waals surface area contributed by atoms with Gasteiger partial charge in [-0.15, -0.1) is 0 Å². The highest BCUT2D eigenvalue weighted by Gasteiger charge is 2.28. The molecule has 0 spiro atoms. The van der Waals surface area contributed by atoms with E-state index in [1.165, 1.54) is 0 Å². The van der Waals surface area contributed by atoms with E-state index in [-0.39, 0.29) is 18.2 Å². The average molecular weight is 291 g/mol. The van der Waals surface area contributed by atoms with Gasteiger partial charge in [0.2, 0.25) is 0 Å². The Labute approximate surface area is 126 Å². The fourth-order valence-electron chi connectivity index (χ4n) is 2.88. The summed E-state index contributed by atoms with van der Waals surface area (Å²) in [6.45, 7) is 5.11. The lowest BCUT2D eigenvalue weighted by molar-refractivity contribution is -0.0329. The maximum absolute atomic E-state index is 12.0. The lowest BCUT2D eigenvalue weighted by atomic mass is 9.89. The van der Waals surface area contributed by atoms with Crippen LogP contribution < -0.4 is 10.6 Å². The molecule has 2 rings (SSSR count). The van der Waals surface area contributed by atoms with E-state index in [2.05, 4.69) is 29.5 Å². The molecule has 116 valence electrons. The van der Waals surface area contributed by atoms with Crippen LogP contribution in [0.3, 0.4) is 0 Å². The summed E-state index contributed by atoms with van der Waals surface area (Å²) < 4.78 is 5.87. The van der Waals surface area contributed by atoms with Crippen LogP contribution in [0.1, 0.15) is 39.5 Å². The highest BCUT2D eigenvalue weighted by Crippen LogP contribution is 2.25. The fourth-order valence-corrected chi connectivity index (χ4v) is 2.88. The van der Waals surface area contributed by atoms with E-state index < -0.39 is 0 Å². The van der Waals surface area contributed by atoms with Gasteiger partial charge in [-0.25, -0.2) is 9.78 Å². The smallest absolute Gasteiger partial charge is 0.320 e. The van der Waals surface area contributed by atoms with Gasteiger partial charge < -0.3 is 10.1 Å². The molecule has 2 N–H and O–H groups in total. The first-order valence-corrected chi connectivity index (χ1v) is 7.83. The van der Waals surface area contributed by atoms with E-state index in [0.717, 1.165) is 32.3 Å². The van der Waals surface area contributed by atoms with Crippen molar-refractivity contribution >= 4 is 11.8 Å². The van der Waals surface area contributed by atoms with Crippen LogP contribution >= 0.6 is 0 Å².